The summed E-state index contributed by atoms with van der Waals surface area (Å²) in [6.45, 7) is 5.50. The summed E-state index contributed by atoms with van der Waals surface area (Å²) in [5, 5.41) is 2.99. The minimum Gasteiger partial charge on any atom is -0.356 e. The lowest BCUT2D eigenvalue weighted by Gasteiger charge is -2.18. The van der Waals surface area contributed by atoms with Crippen LogP contribution in [0.15, 0.2) is 48.5 Å². The number of hydrogen-bond donors (Lipinski definition) is 1. The largest absolute Gasteiger partial charge is 0.356 e. The second-order valence-electron chi connectivity index (χ2n) is 7.49. The number of amides is 2. The number of hydrogen-bond acceptors (Lipinski definition) is 2. The van der Waals surface area contributed by atoms with Crippen LogP contribution in [0.3, 0.4) is 0 Å². The van der Waals surface area contributed by atoms with E-state index in [2.05, 4.69) is 12.2 Å². The molecule has 0 unspecified atom stereocenters. The summed E-state index contributed by atoms with van der Waals surface area (Å²) in [6.07, 6.45) is 1.93. The number of likely N-dealkylation sites (tertiary alicyclic amines) is 1. The Morgan fingerprint density at radius 3 is 2.39 bits per heavy atom. The summed E-state index contributed by atoms with van der Waals surface area (Å²) in [7, 11) is 0. The normalized spacial score (nSPS) is 18.9. The van der Waals surface area contributed by atoms with Crippen molar-refractivity contribution in [3.05, 3.63) is 71.0 Å². The number of nitrogens with zero attached hydrogens (tertiary/aromatic N) is 1. The van der Waals surface area contributed by atoms with Gasteiger partial charge in [0.05, 0.1) is 5.92 Å². The Morgan fingerprint density at radius 1 is 1.07 bits per heavy atom. The van der Waals surface area contributed by atoms with Gasteiger partial charge in [0.2, 0.25) is 5.91 Å². The van der Waals surface area contributed by atoms with Crippen LogP contribution in [0, 0.1) is 18.7 Å². The number of unbranched alkanes of at least 4 members (excludes halogenated alkanes) is 1. The van der Waals surface area contributed by atoms with Crippen LogP contribution in [-0.4, -0.2) is 36.3 Å². The van der Waals surface area contributed by atoms with Crippen molar-refractivity contribution >= 4 is 11.8 Å². The first-order valence-corrected chi connectivity index (χ1v) is 9.88. The van der Waals surface area contributed by atoms with Gasteiger partial charge in [-0.1, -0.05) is 43.2 Å². The Labute approximate surface area is 165 Å². The zero-order chi connectivity index (χ0) is 20.1. The molecule has 0 bridgehead atoms. The van der Waals surface area contributed by atoms with Crippen molar-refractivity contribution in [3.63, 3.8) is 0 Å². The van der Waals surface area contributed by atoms with Gasteiger partial charge in [0.25, 0.3) is 5.91 Å². The van der Waals surface area contributed by atoms with Crippen LogP contribution in [0.5, 0.6) is 0 Å². The molecular weight excluding hydrogens is 355 g/mol. The fourth-order valence-electron chi connectivity index (χ4n) is 3.68. The Hall–Kier alpha value is -2.69. The first-order valence-electron chi connectivity index (χ1n) is 9.88. The zero-order valence-corrected chi connectivity index (χ0v) is 16.5. The molecule has 0 aromatic heterocycles. The molecular formula is C23H27FN2O2. The number of carbonyl (C=O) groups is 2. The van der Waals surface area contributed by atoms with Gasteiger partial charge in [-0.3, -0.25) is 9.59 Å². The van der Waals surface area contributed by atoms with E-state index in [4.69, 9.17) is 0 Å². The van der Waals surface area contributed by atoms with Crippen LogP contribution in [0.1, 0.15) is 47.2 Å². The van der Waals surface area contributed by atoms with Crippen LogP contribution in [0.2, 0.25) is 0 Å². The molecule has 2 amide bonds. The highest BCUT2D eigenvalue weighted by molar-refractivity contribution is 5.95. The van der Waals surface area contributed by atoms with Gasteiger partial charge in [0.15, 0.2) is 0 Å². The number of benzene rings is 2. The molecule has 0 radical (unpaired) electrons. The molecule has 1 N–H and O–H groups in total. The van der Waals surface area contributed by atoms with Crippen LogP contribution in [0.4, 0.5) is 4.39 Å². The second-order valence-corrected chi connectivity index (χ2v) is 7.49. The van der Waals surface area contributed by atoms with E-state index in [0.29, 0.717) is 25.2 Å². The summed E-state index contributed by atoms with van der Waals surface area (Å²) in [5.41, 5.74) is 2.60. The maximum absolute atomic E-state index is 13.3. The predicted molar refractivity (Wildman–Crippen MR) is 108 cm³/mol. The monoisotopic (exact) mass is 382 g/mol. The van der Waals surface area contributed by atoms with Crippen molar-refractivity contribution in [1.82, 2.24) is 10.2 Å². The van der Waals surface area contributed by atoms with Crippen LogP contribution in [-0.2, 0) is 4.79 Å². The number of carbonyl (C=O) groups excluding carboxylic acids is 2. The fraction of sp³-hybridized carbons (Fsp3) is 0.391. The maximum atomic E-state index is 13.3. The van der Waals surface area contributed by atoms with Gasteiger partial charge >= 0.3 is 0 Å². The Kier molecular flexibility index (Phi) is 6.45. The molecule has 0 saturated carbocycles. The second kappa shape index (κ2) is 9.00. The number of rotatable bonds is 6. The molecule has 5 heteroatoms. The number of nitrogens with one attached hydrogen (secondary N) is 1. The van der Waals surface area contributed by atoms with E-state index in [-0.39, 0.29) is 29.5 Å². The molecule has 148 valence electrons. The first-order chi connectivity index (χ1) is 13.5. The molecule has 1 fully saturated rings. The molecule has 28 heavy (non-hydrogen) atoms. The fourth-order valence-corrected chi connectivity index (χ4v) is 3.68. The first kappa shape index (κ1) is 20.1. The topological polar surface area (TPSA) is 49.4 Å². The summed E-state index contributed by atoms with van der Waals surface area (Å²) in [5.74, 6) is -0.899. The van der Waals surface area contributed by atoms with Gasteiger partial charge in [-0.2, -0.15) is 0 Å². The number of halogens is 1. The molecule has 2 atom stereocenters. The van der Waals surface area contributed by atoms with E-state index in [1.165, 1.54) is 12.1 Å². The predicted octanol–water partition coefficient (Wildman–Crippen LogP) is 3.91. The lowest BCUT2D eigenvalue weighted by molar-refractivity contribution is -0.124. The summed E-state index contributed by atoms with van der Waals surface area (Å²) in [4.78, 5) is 27.5. The van der Waals surface area contributed by atoms with Gasteiger partial charge in [-0.05, 0) is 43.2 Å². The van der Waals surface area contributed by atoms with Crippen LogP contribution in [0.25, 0.3) is 0 Å². The van der Waals surface area contributed by atoms with E-state index >= 15 is 0 Å². The third-order valence-electron chi connectivity index (χ3n) is 5.37. The van der Waals surface area contributed by atoms with E-state index < -0.39 is 0 Å². The number of aryl methyl sites for hydroxylation is 1. The smallest absolute Gasteiger partial charge is 0.253 e. The maximum Gasteiger partial charge on any atom is 0.253 e. The molecule has 0 spiro atoms. The van der Waals surface area contributed by atoms with Crippen molar-refractivity contribution in [3.8, 4) is 0 Å². The molecule has 0 aliphatic carbocycles. The average molecular weight is 382 g/mol. The van der Waals surface area contributed by atoms with Crippen molar-refractivity contribution in [1.29, 1.82) is 0 Å². The van der Waals surface area contributed by atoms with Crippen molar-refractivity contribution in [2.75, 3.05) is 19.6 Å². The third-order valence-corrected chi connectivity index (χ3v) is 5.37. The summed E-state index contributed by atoms with van der Waals surface area (Å²) >= 11 is 0. The molecule has 2 aromatic rings. The molecule has 1 aliphatic heterocycles. The highest BCUT2D eigenvalue weighted by Gasteiger charge is 2.40. The Balaban J connectivity index is 1.81. The molecule has 1 heterocycles. The Bertz CT molecular complexity index is 818. The molecule has 3 rings (SSSR count). The van der Waals surface area contributed by atoms with Crippen molar-refractivity contribution in [2.24, 2.45) is 5.92 Å². The van der Waals surface area contributed by atoms with E-state index in [0.717, 1.165) is 24.0 Å². The molecule has 1 aliphatic rings. The van der Waals surface area contributed by atoms with E-state index in [9.17, 15) is 14.0 Å². The summed E-state index contributed by atoms with van der Waals surface area (Å²) in [6, 6.07) is 13.7. The van der Waals surface area contributed by atoms with E-state index in [1.807, 2.05) is 31.2 Å². The SMILES string of the molecule is CCCCNC(=O)[C@H]1CN(C(=O)c2ccc(C)cc2)C[C@@H]1c1ccc(F)cc1. The van der Waals surface area contributed by atoms with Gasteiger partial charge < -0.3 is 10.2 Å². The molecule has 2 aromatic carbocycles. The quantitative estimate of drug-likeness (QED) is 0.770. The Morgan fingerprint density at radius 2 is 1.75 bits per heavy atom. The summed E-state index contributed by atoms with van der Waals surface area (Å²) < 4.78 is 13.3. The third kappa shape index (κ3) is 4.58. The standard InChI is InChI=1S/C23H27FN2O2/c1-3-4-13-25-22(27)21-15-26(23(28)18-7-5-16(2)6-8-18)14-20(21)17-9-11-19(24)12-10-17/h5-12,20-21H,3-4,13-15H2,1-2H3,(H,25,27)/t20-,21+/m1/s1. The minimum absolute atomic E-state index is 0.0398. The highest BCUT2D eigenvalue weighted by atomic mass is 19.1. The van der Waals surface area contributed by atoms with E-state index in [1.54, 1.807) is 17.0 Å². The van der Waals surface area contributed by atoms with Gasteiger partial charge in [0.1, 0.15) is 5.82 Å². The lowest BCUT2D eigenvalue weighted by atomic mass is 9.88. The van der Waals surface area contributed by atoms with Crippen molar-refractivity contribution in [2.45, 2.75) is 32.6 Å². The lowest BCUT2D eigenvalue weighted by Crippen LogP contribution is -2.36. The van der Waals surface area contributed by atoms with Gasteiger partial charge in [-0.25, -0.2) is 4.39 Å². The van der Waals surface area contributed by atoms with Gasteiger partial charge in [0, 0.05) is 31.1 Å². The molecule has 4 nitrogen and oxygen atoms in total. The minimum atomic E-state index is -0.336. The average Bonchev–Trinajstić information content (AvgIpc) is 3.14. The van der Waals surface area contributed by atoms with Crippen LogP contribution >= 0.6 is 0 Å². The van der Waals surface area contributed by atoms with Gasteiger partial charge in [-0.15, -0.1) is 0 Å². The van der Waals surface area contributed by atoms with Crippen LogP contribution < -0.4 is 5.32 Å². The zero-order valence-electron chi connectivity index (χ0n) is 16.5. The molecule has 1 saturated heterocycles. The van der Waals surface area contributed by atoms with Crippen molar-refractivity contribution < 1.29 is 14.0 Å². The highest BCUT2D eigenvalue weighted by Crippen LogP contribution is 2.34.